The third-order valence-electron chi connectivity index (χ3n) is 5.14. The van der Waals surface area contributed by atoms with Gasteiger partial charge in [-0.25, -0.2) is 8.42 Å². The molecule has 1 aromatic heterocycles. The van der Waals surface area contributed by atoms with Crippen molar-refractivity contribution in [3.05, 3.63) is 71.9 Å². The van der Waals surface area contributed by atoms with Gasteiger partial charge in [0.25, 0.3) is 0 Å². The van der Waals surface area contributed by atoms with Crippen molar-refractivity contribution in [3.63, 3.8) is 0 Å². The molecule has 3 aromatic rings. The number of aromatic nitrogens is 1. The number of hydrogen-bond acceptors (Lipinski definition) is 4. The molecule has 2 aromatic carbocycles. The Balaban J connectivity index is 1.96. The van der Waals surface area contributed by atoms with E-state index in [1.165, 1.54) is 6.26 Å². The van der Waals surface area contributed by atoms with Gasteiger partial charge in [-0.3, -0.25) is 4.79 Å². The summed E-state index contributed by atoms with van der Waals surface area (Å²) in [4.78, 5) is 12.7. The number of benzene rings is 2. The van der Waals surface area contributed by atoms with Crippen molar-refractivity contribution >= 4 is 15.7 Å². The monoisotopic (exact) mass is 440 g/mol. The van der Waals surface area contributed by atoms with Crippen molar-refractivity contribution in [3.8, 4) is 16.9 Å². The van der Waals surface area contributed by atoms with Crippen molar-refractivity contribution in [2.24, 2.45) is 0 Å². The summed E-state index contributed by atoms with van der Waals surface area (Å²) in [5.41, 5.74) is 4.67. The smallest absolute Gasteiger partial charge is 0.224 e. The van der Waals surface area contributed by atoms with Gasteiger partial charge >= 0.3 is 0 Å². The van der Waals surface area contributed by atoms with Gasteiger partial charge in [0.15, 0.2) is 9.84 Å². The molecule has 0 saturated heterocycles. The summed E-state index contributed by atoms with van der Waals surface area (Å²) in [6.45, 7) is 3.18. The maximum atomic E-state index is 12.4. The molecule has 6 nitrogen and oxygen atoms in total. The zero-order valence-corrected chi connectivity index (χ0v) is 18.9. The summed E-state index contributed by atoms with van der Waals surface area (Å²) in [5.74, 6) is -0.0385. The maximum absolute atomic E-state index is 12.4. The second-order valence-corrected chi connectivity index (χ2v) is 9.50. The first-order valence-corrected chi connectivity index (χ1v) is 12.0. The van der Waals surface area contributed by atoms with Gasteiger partial charge in [0.1, 0.15) is 0 Å². The molecule has 164 valence electrons. The molecule has 0 unspecified atom stereocenters. The Morgan fingerprint density at radius 1 is 1.06 bits per heavy atom. The number of rotatable bonds is 9. The van der Waals surface area contributed by atoms with E-state index in [2.05, 4.69) is 9.88 Å². The first kappa shape index (κ1) is 22.8. The number of nitrogens with one attached hydrogen (secondary N) is 1. The van der Waals surface area contributed by atoms with Gasteiger partial charge in [-0.05, 0) is 54.8 Å². The lowest BCUT2D eigenvalue weighted by atomic mass is 10.1. The number of hydrogen-bond donors (Lipinski definition) is 1. The Labute approximate surface area is 183 Å². The molecule has 7 heteroatoms. The molecule has 0 aliphatic carbocycles. The summed E-state index contributed by atoms with van der Waals surface area (Å²) < 4.78 is 30.8. The van der Waals surface area contributed by atoms with Crippen LogP contribution in [0.5, 0.6) is 0 Å². The van der Waals surface area contributed by atoms with Gasteiger partial charge < -0.3 is 14.6 Å². The van der Waals surface area contributed by atoms with Gasteiger partial charge in [0.05, 0.1) is 17.0 Å². The molecule has 1 heterocycles. The molecule has 0 aliphatic rings. The van der Waals surface area contributed by atoms with E-state index in [1.807, 2.05) is 43.3 Å². The number of para-hydroxylation sites is 1. The van der Waals surface area contributed by atoms with Crippen LogP contribution in [-0.4, -0.2) is 45.4 Å². The fraction of sp³-hybridized carbons (Fsp3) is 0.292. The van der Waals surface area contributed by atoms with Crippen LogP contribution in [0.2, 0.25) is 0 Å². The SMILES string of the molecule is COCCCNC(=O)Cc1cc(-c2ccc(S(C)(=O)=O)cc2)n(-c2ccccc2)c1C. The minimum absolute atomic E-state index is 0.0385. The van der Waals surface area contributed by atoms with E-state index >= 15 is 0 Å². The van der Waals surface area contributed by atoms with Crippen molar-refractivity contribution in [2.45, 2.75) is 24.7 Å². The van der Waals surface area contributed by atoms with Crippen LogP contribution >= 0.6 is 0 Å². The Kier molecular flexibility index (Phi) is 7.30. The van der Waals surface area contributed by atoms with E-state index in [1.54, 1.807) is 31.4 Å². The quantitative estimate of drug-likeness (QED) is 0.516. The summed E-state index contributed by atoms with van der Waals surface area (Å²) >= 11 is 0. The molecule has 1 amide bonds. The van der Waals surface area contributed by atoms with Crippen molar-refractivity contribution in [2.75, 3.05) is 26.5 Å². The minimum atomic E-state index is -3.26. The van der Waals surface area contributed by atoms with Crippen LogP contribution in [0.3, 0.4) is 0 Å². The second-order valence-electron chi connectivity index (χ2n) is 7.48. The lowest BCUT2D eigenvalue weighted by Crippen LogP contribution is -2.26. The standard InChI is InChI=1S/C24H28N2O4S/c1-18-20(17-24(27)25-14-7-15-30-2)16-23(26(18)21-8-5-4-6-9-21)19-10-12-22(13-11-19)31(3,28)29/h4-6,8-13,16H,7,14-15,17H2,1-3H3,(H,25,27). The van der Waals surface area contributed by atoms with E-state index in [0.717, 1.165) is 34.6 Å². The summed E-state index contributed by atoms with van der Waals surface area (Å²) in [6.07, 6.45) is 2.24. The molecule has 0 radical (unpaired) electrons. The Hall–Kier alpha value is -2.90. The fourth-order valence-electron chi connectivity index (χ4n) is 3.51. The van der Waals surface area contributed by atoms with Gasteiger partial charge in [-0.1, -0.05) is 30.3 Å². The topological polar surface area (TPSA) is 77.4 Å². The predicted molar refractivity (Wildman–Crippen MR) is 122 cm³/mol. The molecular weight excluding hydrogens is 412 g/mol. The lowest BCUT2D eigenvalue weighted by molar-refractivity contribution is -0.120. The van der Waals surface area contributed by atoms with Crippen LogP contribution in [0.4, 0.5) is 0 Å². The van der Waals surface area contributed by atoms with Gasteiger partial charge in [0.2, 0.25) is 5.91 Å². The molecule has 3 rings (SSSR count). The molecule has 0 fully saturated rings. The largest absolute Gasteiger partial charge is 0.385 e. The van der Waals surface area contributed by atoms with E-state index < -0.39 is 9.84 Å². The summed E-state index contributed by atoms with van der Waals surface area (Å²) in [7, 11) is -1.62. The van der Waals surface area contributed by atoms with Crippen LogP contribution in [0, 0.1) is 6.92 Å². The molecule has 0 bridgehead atoms. The number of methoxy groups -OCH3 is 1. The van der Waals surface area contributed by atoms with E-state index in [9.17, 15) is 13.2 Å². The zero-order valence-electron chi connectivity index (χ0n) is 18.1. The van der Waals surface area contributed by atoms with Gasteiger partial charge in [0, 0.05) is 37.9 Å². The highest BCUT2D eigenvalue weighted by molar-refractivity contribution is 7.90. The number of nitrogens with zero attached hydrogens (tertiary/aromatic N) is 1. The molecule has 0 aliphatic heterocycles. The van der Waals surface area contributed by atoms with Crippen molar-refractivity contribution in [1.82, 2.24) is 9.88 Å². The summed E-state index contributed by atoms with van der Waals surface area (Å²) in [6, 6.07) is 18.8. The van der Waals surface area contributed by atoms with Crippen LogP contribution in [-0.2, 0) is 25.8 Å². The second kappa shape index (κ2) is 9.94. The Morgan fingerprint density at radius 3 is 2.35 bits per heavy atom. The number of carbonyl (C=O) groups excluding carboxylic acids is 1. The van der Waals surface area contributed by atoms with Crippen LogP contribution in [0.25, 0.3) is 16.9 Å². The number of amides is 1. The minimum Gasteiger partial charge on any atom is -0.385 e. The van der Waals surface area contributed by atoms with E-state index in [4.69, 9.17) is 4.74 Å². The van der Waals surface area contributed by atoms with Crippen molar-refractivity contribution < 1.29 is 17.9 Å². The Morgan fingerprint density at radius 2 is 1.74 bits per heavy atom. The van der Waals surface area contributed by atoms with Gasteiger partial charge in [-0.15, -0.1) is 0 Å². The highest BCUT2D eigenvalue weighted by Gasteiger charge is 2.17. The molecule has 1 N–H and O–H groups in total. The lowest BCUT2D eigenvalue weighted by Gasteiger charge is -2.13. The molecular formula is C24H28N2O4S. The van der Waals surface area contributed by atoms with E-state index in [-0.39, 0.29) is 17.2 Å². The Bertz CT molecular complexity index is 1130. The molecule has 0 saturated carbocycles. The highest BCUT2D eigenvalue weighted by Crippen LogP contribution is 2.30. The van der Waals surface area contributed by atoms with Crippen molar-refractivity contribution in [1.29, 1.82) is 0 Å². The zero-order chi connectivity index (χ0) is 22.4. The molecule has 31 heavy (non-hydrogen) atoms. The number of carbonyl (C=O) groups is 1. The number of sulfone groups is 1. The first-order valence-electron chi connectivity index (χ1n) is 10.1. The maximum Gasteiger partial charge on any atom is 0.224 e. The van der Waals surface area contributed by atoms with Crippen LogP contribution in [0.1, 0.15) is 17.7 Å². The molecule has 0 atom stereocenters. The number of ether oxygens (including phenoxy) is 1. The third-order valence-corrected chi connectivity index (χ3v) is 6.27. The average Bonchev–Trinajstić information content (AvgIpc) is 3.07. The molecule has 0 spiro atoms. The average molecular weight is 441 g/mol. The summed E-state index contributed by atoms with van der Waals surface area (Å²) in [5, 5.41) is 2.93. The van der Waals surface area contributed by atoms with Gasteiger partial charge in [-0.2, -0.15) is 0 Å². The third kappa shape index (κ3) is 5.62. The first-order chi connectivity index (χ1) is 14.8. The van der Waals surface area contributed by atoms with Crippen LogP contribution < -0.4 is 5.32 Å². The normalized spacial score (nSPS) is 11.5. The predicted octanol–water partition coefficient (Wildman–Crippen LogP) is 3.55. The fourth-order valence-corrected chi connectivity index (χ4v) is 4.14. The highest BCUT2D eigenvalue weighted by atomic mass is 32.2. The van der Waals surface area contributed by atoms with E-state index in [0.29, 0.717) is 13.2 Å². The van der Waals surface area contributed by atoms with Crippen LogP contribution in [0.15, 0.2) is 65.6 Å².